The predicted octanol–water partition coefficient (Wildman–Crippen LogP) is 2.27. The molecule has 1 aromatic carbocycles. The molecule has 2 rings (SSSR count). The summed E-state index contributed by atoms with van der Waals surface area (Å²) in [6.45, 7) is 5.51. The molecule has 2 aromatic rings. The highest BCUT2D eigenvalue weighted by molar-refractivity contribution is 5.90. The molecule has 0 saturated heterocycles. The van der Waals surface area contributed by atoms with E-state index in [9.17, 15) is 4.79 Å². The van der Waals surface area contributed by atoms with Crippen molar-refractivity contribution in [2.75, 3.05) is 32.1 Å². The second-order valence-electron chi connectivity index (χ2n) is 6.05. The Labute approximate surface area is 160 Å². The van der Waals surface area contributed by atoms with Crippen molar-refractivity contribution in [2.24, 2.45) is 4.99 Å². The predicted molar refractivity (Wildman–Crippen MR) is 108 cm³/mol. The lowest BCUT2D eigenvalue weighted by Crippen LogP contribution is -2.40. The lowest BCUT2D eigenvalue weighted by molar-refractivity contribution is -0.116. The summed E-state index contributed by atoms with van der Waals surface area (Å²) in [4.78, 5) is 20.3. The fraction of sp³-hybridized carbons (Fsp3) is 0.350. The number of amides is 1. The number of nitrogens with zero attached hydrogens (tertiary/aromatic N) is 2. The van der Waals surface area contributed by atoms with Crippen LogP contribution in [0.25, 0.3) is 0 Å². The van der Waals surface area contributed by atoms with E-state index in [1.54, 1.807) is 13.1 Å². The van der Waals surface area contributed by atoms with Crippen molar-refractivity contribution in [1.82, 2.24) is 15.6 Å². The van der Waals surface area contributed by atoms with Crippen LogP contribution in [0, 0.1) is 13.8 Å². The van der Waals surface area contributed by atoms with Crippen LogP contribution < -0.4 is 20.7 Å². The monoisotopic (exact) mass is 369 g/mol. The van der Waals surface area contributed by atoms with Crippen LogP contribution in [0.3, 0.4) is 0 Å². The number of pyridine rings is 1. The van der Waals surface area contributed by atoms with Gasteiger partial charge >= 0.3 is 0 Å². The fourth-order valence-electron chi connectivity index (χ4n) is 2.31. The molecule has 0 aliphatic carbocycles. The fourth-order valence-corrected chi connectivity index (χ4v) is 2.31. The molecule has 0 unspecified atom stereocenters. The van der Waals surface area contributed by atoms with E-state index in [1.807, 2.05) is 50.2 Å². The molecule has 7 heteroatoms. The minimum absolute atomic E-state index is 0.0984. The van der Waals surface area contributed by atoms with Crippen LogP contribution in [0.4, 0.5) is 5.82 Å². The molecule has 0 fully saturated rings. The average Bonchev–Trinajstić information content (AvgIpc) is 2.65. The molecule has 0 bridgehead atoms. The van der Waals surface area contributed by atoms with E-state index in [2.05, 4.69) is 25.9 Å². The second-order valence-corrected chi connectivity index (χ2v) is 6.05. The summed E-state index contributed by atoms with van der Waals surface area (Å²) >= 11 is 0. The summed E-state index contributed by atoms with van der Waals surface area (Å²) in [6.07, 6.45) is 0.316. The van der Waals surface area contributed by atoms with Gasteiger partial charge in [-0.2, -0.15) is 0 Å². The zero-order valence-corrected chi connectivity index (χ0v) is 16.1. The third-order valence-corrected chi connectivity index (χ3v) is 3.71. The van der Waals surface area contributed by atoms with Gasteiger partial charge in [0.05, 0.1) is 6.54 Å². The van der Waals surface area contributed by atoms with Gasteiger partial charge < -0.3 is 20.7 Å². The Morgan fingerprint density at radius 2 is 1.81 bits per heavy atom. The van der Waals surface area contributed by atoms with E-state index in [1.165, 1.54) is 5.56 Å². The van der Waals surface area contributed by atoms with Crippen LogP contribution in [0.1, 0.15) is 17.7 Å². The van der Waals surface area contributed by atoms with Crippen molar-refractivity contribution in [3.63, 3.8) is 0 Å². The molecule has 0 radical (unpaired) electrons. The first-order valence-corrected chi connectivity index (χ1v) is 8.94. The highest BCUT2D eigenvalue weighted by Crippen LogP contribution is 2.10. The topological polar surface area (TPSA) is 87.6 Å². The Bertz CT molecular complexity index is 759. The van der Waals surface area contributed by atoms with Gasteiger partial charge in [-0.1, -0.05) is 23.8 Å². The summed E-state index contributed by atoms with van der Waals surface area (Å²) in [5.74, 6) is 1.94. The highest BCUT2D eigenvalue weighted by atomic mass is 16.5. The Morgan fingerprint density at radius 3 is 2.52 bits per heavy atom. The van der Waals surface area contributed by atoms with Gasteiger partial charge in [0.2, 0.25) is 5.91 Å². The maximum absolute atomic E-state index is 12.0. The second kappa shape index (κ2) is 10.8. The number of carbonyl (C=O) groups excluding carboxylic acids is 1. The SMILES string of the molecule is CN=C(NCCOc1ccc(C)cc1)NCCC(=O)Nc1cccc(C)n1. The van der Waals surface area contributed by atoms with Gasteiger partial charge in [0.25, 0.3) is 0 Å². The normalized spacial score (nSPS) is 11.0. The molecular formula is C20H27N5O2. The van der Waals surface area contributed by atoms with Gasteiger partial charge in [0.1, 0.15) is 18.2 Å². The Kier molecular flexibility index (Phi) is 8.09. The maximum atomic E-state index is 12.0. The number of carbonyl (C=O) groups is 1. The smallest absolute Gasteiger partial charge is 0.227 e. The van der Waals surface area contributed by atoms with Crippen LogP contribution in [-0.2, 0) is 4.79 Å². The van der Waals surface area contributed by atoms with E-state index < -0.39 is 0 Å². The molecule has 27 heavy (non-hydrogen) atoms. The minimum atomic E-state index is -0.0984. The van der Waals surface area contributed by atoms with Gasteiger partial charge in [-0.25, -0.2) is 4.98 Å². The van der Waals surface area contributed by atoms with E-state index in [0.29, 0.717) is 37.9 Å². The maximum Gasteiger partial charge on any atom is 0.227 e. The number of aromatic nitrogens is 1. The Morgan fingerprint density at radius 1 is 1.07 bits per heavy atom. The molecule has 0 aliphatic heterocycles. The van der Waals surface area contributed by atoms with Gasteiger partial charge in [0, 0.05) is 25.7 Å². The molecule has 3 N–H and O–H groups in total. The number of anilines is 1. The zero-order chi connectivity index (χ0) is 19.5. The first-order valence-electron chi connectivity index (χ1n) is 8.94. The molecule has 1 heterocycles. The van der Waals surface area contributed by atoms with Crippen LogP contribution in [0.2, 0.25) is 0 Å². The van der Waals surface area contributed by atoms with Crippen molar-refractivity contribution >= 4 is 17.7 Å². The molecule has 144 valence electrons. The first kappa shape index (κ1) is 20.2. The third-order valence-electron chi connectivity index (χ3n) is 3.71. The number of benzene rings is 1. The Hall–Kier alpha value is -3.09. The van der Waals surface area contributed by atoms with Crippen LogP contribution >= 0.6 is 0 Å². The first-order chi connectivity index (χ1) is 13.1. The van der Waals surface area contributed by atoms with Crippen LogP contribution in [0.5, 0.6) is 5.75 Å². The van der Waals surface area contributed by atoms with Crippen molar-refractivity contribution in [2.45, 2.75) is 20.3 Å². The van der Waals surface area contributed by atoms with Gasteiger partial charge in [-0.15, -0.1) is 0 Å². The number of aryl methyl sites for hydroxylation is 2. The summed E-state index contributed by atoms with van der Waals surface area (Å²) in [6, 6.07) is 13.4. The number of guanidine groups is 1. The molecule has 1 amide bonds. The van der Waals surface area contributed by atoms with Gasteiger partial charge in [-0.05, 0) is 38.1 Å². The number of nitrogens with one attached hydrogen (secondary N) is 3. The number of hydrogen-bond donors (Lipinski definition) is 3. The number of aliphatic imine (C=N–C) groups is 1. The Balaban J connectivity index is 1.62. The van der Waals surface area contributed by atoms with Crippen LogP contribution in [0.15, 0.2) is 47.5 Å². The van der Waals surface area contributed by atoms with Crippen LogP contribution in [-0.4, -0.2) is 43.6 Å². The number of hydrogen-bond acceptors (Lipinski definition) is 4. The summed E-state index contributed by atoms with van der Waals surface area (Å²) in [5.41, 5.74) is 2.07. The molecule has 7 nitrogen and oxygen atoms in total. The lowest BCUT2D eigenvalue weighted by atomic mass is 10.2. The van der Waals surface area contributed by atoms with Crippen molar-refractivity contribution in [3.05, 3.63) is 53.7 Å². The summed E-state index contributed by atoms with van der Waals surface area (Å²) in [7, 11) is 1.69. The standard InChI is InChI=1S/C20H27N5O2/c1-15-7-9-17(10-8-15)27-14-13-23-20(21-3)22-12-11-19(26)25-18-6-4-5-16(2)24-18/h4-10H,11-14H2,1-3H3,(H2,21,22,23)(H,24,25,26). The summed E-state index contributed by atoms with van der Waals surface area (Å²) < 4.78 is 5.66. The number of rotatable bonds is 8. The van der Waals surface area contributed by atoms with Gasteiger partial charge in [-0.3, -0.25) is 9.79 Å². The third kappa shape index (κ3) is 7.77. The summed E-state index contributed by atoms with van der Waals surface area (Å²) in [5, 5.41) is 9.04. The lowest BCUT2D eigenvalue weighted by Gasteiger charge is -2.12. The highest BCUT2D eigenvalue weighted by Gasteiger charge is 2.04. The van der Waals surface area contributed by atoms with E-state index in [0.717, 1.165) is 11.4 Å². The average molecular weight is 369 g/mol. The van der Waals surface area contributed by atoms with E-state index >= 15 is 0 Å². The number of ether oxygens (including phenoxy) is 1. The molecule has 0 atom stereocenters. The quantitative estimate of drug-likeness (QED) is 0.377. The molecule has 0 spiro atoms. The van der Waals surface area contributed by atoms with E-state index in [4.69, 9.17) is 4.74 Å². The zero-order valence-electron chi connectivity index (χ0n) is 16.1. The largest absolute Gasteiger partial charge is 0.492 e. The van der Waals surface area contributed by atoms with Gasteiger partial charge in [0.15, 0.2) is 5.96 Å². The van der Waals surface area contributed by atoms with E-state index in [-0.39, 0.29) is 5.91 Å². The molecular weight excluding hydrogens is 342 g/mol. The van der Waals surface area contributed by atoms with Crippen molar-refractivity contribution < 1.29 is 9.53 Å². The van der Waals surface area contributed by atoms with Crippen molar-refractivity contribution in [3.8, 4) is 5.75 Å². The minimum Gasteiger partial charge on any atom is -0.492 e. The van der Waals surface area contributed by atoms with Crippen molar-refractivity contribution in [1.29, 1.82) is 0 Å². The molecule has 1 aromatic heterocycles. The molecule has 0 saturated carbocycles. The molecule has 0 aliphatic rings.